The van der Waals surface area contributed by atoms with Crippen LogP contribution in [0.3, 0.4) is 0 Å². The molecule has 1 aromatic rings. The second-order valence-electron chi connectivity index (χ2n) is 6.16. The summed E-state index contributed by atoms with van der Waals surface area (Å²) in [5.74, 6) is -0.903. The number of ether oxygens (including phenoxy) is 2. The van der Waals surface area contributed by atoms with E-state index in [1.165, 1.54) is 0 Å². The quantitative estimate of drug-likeness (QED) is 0.214. The first kappa shape index (κ1) is 20.1. The molecule has 5 nitrogen and oxygen atoms in total. The Labute approximate surface area is 160 Å². The Bertz CT molecular complexity index is 688. The van der Waals surface area contributed by atoms with Crippen molar-refractivity contribution in [2.24, 2.45) is 0 Å². The van der Waals surface area contributed by atoms with Gasteiger partial charge in [0, 0.05) is 25.7 Å². The molecule has 6 heteroatoms. The van der Waals surface area contributed by atoms with Crippen LogP contribution < -0.4 is 4.90 Å². The van der Waals surface area contributed by atoms with Crippen LogP contribution in [0.15, 0.2) is 30.0 Å². The maximum atomic E-state index is 12.4. The summed E-state index contributed by atoms with van der Waals surface area (Å²) in [6.07, 6.45) is 2.98. The van der Waals surface area contributed by atoms with Gasteiger partial charge in [-0.2, -0.15) is 0 Å². The van der Waals surface area contributed by atoms with Crippen LogP contribution in [0.2, 0.25) is 0 Å². The lowest BCUT2D eigenvalue weighted by atomic mass is 10.1. The molecule has 140 valence electrons. The lowest BCUT2D eigenvalue weighted by Gasteiger charge is -2.20. The number of anilines is 1. The number of hydrogen-bond acceptors (Lipinski definition) is 6. The highest BCUT2D eigenvalue weighted by Crippen LogP contribution is 2.24. The van der Waals surface area contributed by atoms with E-state index in [0.717, 1.165) is 37.2 Å². The van der Waals surface area contributed by atoms with Crippen molar-refractivity contribution in [2.75, 3.05) is 18.0 Å². The van der Waals surface area contributed by atoms with E-state index < -0.39 is 11.8 Å². The average Bonchev–Trinajstić information content (AvgIpc) is 3.40. The van der Waals surface area contributed by atoms with Gasteiger partial charge in [-0.05, 0) is 62.7 Å². The van der Waals surface area contributed by atoms with E-state index in [0.29, 0.717) is 0 Å². The molecule has 0 aliphatic heterocycles. The van der Waals surface area contributed by atoms with Crippen LogP contribution >= 0.6 is 12.2 Å². The van der Waals surface area contributed by atoms with Gasteiger partial charge < -0.3 is 14.4 Å². The van der Waals surface area contributed by atoms with Crippen molar-refractivity contribution in [2.45, 2.75) is 46.1 Å². The van der Waals surface area contributed by atoms with Crippen LogP contribution in [0, 0.1) is 0 Å². The molecule has 0 spiro atoms. The molecule has 0 unspecified atom stereocenters. The molecule has 26 heavy (non-hydrogen) atoms. The number of rotatable bonds is 9. The van der Waals surface area contributed by atoms with E-state index in [1.807, 2.05) is 24.3 Å². The van der Waals surface area contributed by atoms with Gasteiger partial charge in [0.05, 0.1) is 0 Å². The van der Waals surface area contributed by atoms with Gasteiger partial charge in [0.15, 0.2) is 10.8 Å². The molecular formula is C20H25NO4S. The molecule has 0 aromatic heterocycles. The van der Waals surface area contributed by atoms with Gasteiger partial charge in [0.1, 0.15) is 12.5 Å². The van der Waals surface area contributed by atoms with Crippen LogP contribution in [0.25, 0.3) is 6.08 Å². The lowest BCUT2D eigenvalue weighted by Crippen LogP contribution is -2.21. The predicted octanol–water partition coefficient (Wildman–Crippen LogP) is 3.90. The summed E-state index contributed by atoms with van der Waals surface area (Å²) in [6.45, 7) is 7.63. The summed E-state index contributed by atoms with van der Waals surface area (Å²) in [6, 6.07) is 7.80. The van der Waals surface area contributed by atoms with Crippen LogP contribution in [-0.4, -0.2) is 36.0 Å². The predicted molar refractivity (Wildman–Crippen MR) is 106 cm³/mol. The van der Waals surface area contributed by atoms with Crippen molar-refractivity contribution in [3.63, 3.8) is 0 Å². The Balaban J connectivity index is 2.12. The monoisotopic (exact) mass is 375 g/mol. The maximum Gasteiger partial charge on any atom is 0.314 e. The van der Waals surface area contributed by atoms with Crippen molar-refractivity contribution >= 4 is 40.8 Å². The summed E-state index contributed by atoms with van der Waals surface area (Å²) in [5.41, 5.74) is 1.91. The highest BCUT2D eigenvalue weighted by Gasteiger charge is 2.27. The van der Waals surface area contributed by atoms with E-state index >= 15 is 0 Å². The van der Waals surface area contributed by atoms with Crippen molar-refractivity contribution in [3.05, 3.63) is 35.6 Å². The number of esters is 1. The van der Waals surface area contributed by atoms with Crippen molar-refractivity contribution in [1.82, 2.24) is 0 Å². The molecule has 0 bridgehead atoms. The Morgan fingerprint density at radius 3 is 2.31 bits per heavy atom. The Morgan fingerprint density at radius 2 is 1.81 bits per heavy atom. The van der Waals surface area contributed by atoms with Crippen molar-refractivity contribution in [3.8, 4) is 0 Å². The van der Waals surface area contributed by atoms with E-state index in [2.05, 4.69) is 18.7 Å². The van der Waals surface area contributed by atoms with Gasteiger partial charge >= 0.3 is 5.97 Å². The third-order valence-electron chi connectivity index (χ3n) is 3.98. The van der Waals surface area contributed by atoms with Crippen molar-refractivity contribution in [1.29, 1.82) is 0 Å². The number of thiocarbonyl (C=S) groups is 1. The molecule has 0 N–H and O–H groups in total. The number of allylic oxidation sites excluding steroid dienone is 1. The minimum absolute atomic E-state index is 0.0245. The third-order valence-corrected chi connectivity index (χ3v) is 4.06. The first-order valence-electron chi connectivity index (χ1n) is 8.90. The number of carbonyl (C=O) groups is 2. The standard InChI is InChI=1S/C20H25NO4S/c1-4-21(5-2)16-8-6-15(7-9-16)12-19(24-14(3)26)18(22)13-20(23)25-17-10-11-17/h6-9,12,17H,4-5,10-11,13H2,1-3H3/b19-12+. The molecule has 1 aliphatic carbocycles. The highest BCUT2D eigenvalue weighted by atomic mass is 32.1. The Morgan fingerprint density at radius 1 is 1.19 bits per heavy atom. The minimum atomic E-state index is -0.522. The normalized spacial score (nSPS) is 13.9. The summed E-state index contributed by atoms with van der Waals surface area (Å²) >= 11 is 4.95. The summed E-state index contributed by atoms with van der Waals surface area (Å²) in [5, 5.41) is 0.222. The number of ketones is 1. The smallest absolute Gasteiger partial charge is 0.314 e. The summed E-state index contributed by atoms with van der Waals surface area (Å²) < 4.78 is 10.5. The molecular weight excluding hydrogens is 350 g/mol. The van der Waals surface area contributed by atoms with Gasteiger partial charge in [-0.3, -0.25) is 9.59 Å². The molecule has 1 fully saturated rings. The first-order valence-corrected chi connectivity index (χ1v) is 9.31. The van der Waals surface area contributed by atoms with Crippen LogP contribution in [0.5, 0.6) is 0 Å². The fraction of sp³-hybridized carbons (Fsp3) is 0.450. The molecule has 1 aliphatic rings. The fourth-order valence-corrected chi connectivity index (χ4v) is 2.56. The third kappa shape index (κ3) is 6.26. The van der Waals surface area contributed by atoms with Crippen LogP contribution in [0.4, 0.5) is 5.69 Å². The van der Waals surface area contributed by atoms with Gasteiger partial charge in [0.25, 0.3) is 0 Å². The van der Waals surface area contributed by atoms with E-state index in [4.69, 9.17) is 21.7 Å². The highest BCUT2D eigenvalue weighted by molar-refractivity contribution is 7.80. The molecule has 1 saturated carbocycles. The first-order chi connectivity index (χ1) is 12.4. The number of Topliss-reactive ketones (excluding diaryl/α,β-unsaturated/α-hetero) is 1. The molecule has 1 aromatic carbocycles. The van der Waals surface area contributed by atoms with Gasteiger partial charge in [-0.25, -0.2) is 0 Å². The molecule has 0 saturated heterocycles. The zero-order valence-corrected chi connectivity index (χ0v) is 16.3. The van der Waals surface area contributed by atoms with Gasteiger partial charge in [0.2, 0.25) is 5.78 Å². The van der Waals surface area contributed by atoms with E-state index in [1.54, 1.807) is 13.0 Å². The molecule has 0 atom stereocenters. The molecule has 0 amide bonds. The van der Waals surface area contributed by atoms with Crippen LogP contribution in [-0.2, 0) is 19.1 Å². The topological polar surface area (TPSA) is 55.8 Å². The minimum Gasteiger partial charge on any atom is -0.462 e. The molecule has 0 heterocycles. The van der Waals surface area contributed by atoms with Gasteiger partial charge in [-0.15, -0.1) is 0 Å². The Hall–Kier alpha value is -2.21. The summed E-state index contributed by atoms with van der Waals surface area (Å²) in [7, 11) is 0. The number of nitrogens with zero attached hydrogens (tertiary/aromatic N) is 1. The zero-order valence-electron chi connectivity index (χ0n) is 15.5. The second-order valence-corrected chi connectivity index (χ2v) is 6.73. The van der Waals surface area contributed by atoms with Crippen LogP contribution in [0.1, 0.15) is 45.6 Å². The van der Waals surface area contributed by atoms with E-state index in [-0.39, 0.29) is 23.3 Å². The van der Waals surface area contributed by atoms with Gasteiger partial charge in [-0.1, -0.05) is 12.1 Å². The molecule has 0 radical (unpaired) electrons. The SMILES string of the molecule is CCN(CC)c1ccc(/C=C(/OC(C)=S)C(=O)CC(=O)OC2CC2)cc1. The largest absolute Gasteiger partial charge is 0.462 e. The maximum absolute atomic E-state index is 12.4. The number of benzene rings is 1. The Kier molecular flexibility index (Phi) is 7.33. The lowest BCUT2D eigenvalue weighted by molar-refractivity contribution is -0.146. The number of carbonyl (C=O) groups excluding carboxylic acids is 2. The van der Waals surface area contributed by atoms with E-state index in [9.17, 15) is 9.59 Å². The van der Waals surface area contributed by atoms with Crippen molar-refractivity contribution < 1.29 is 19.1 Å². The zero-order chi connectivity index (χ0) is 19.1. The average molecular weight is 375 g/mol. The summed E-state index contributed by atoms with van der Waals surface area (Å²) in [4.78, 5) is 26.4. The fourth-order valence-electron chi connectivity index (χ4n) is 2.47. The second kappa shape index (κ2) is 9.48. The molecule has 2 rings (SSSR count). The number of hydrogen-bond donors (Lipinski definition) is 0.